The Balaban J connectivity index is 1.50. The number of nitrogens with zero attached hydrogens (tertiary/aromatic N) is 4. The molecule has 28 heavy (non-hydrogen) atoms. The lowest BCUT2D eigenvalue weighted by atomic mass is 9.92. The van der Waals surface area contributed by atoms with Crippen LogP contribution in [0.25, 0.3) is 0 Å². The zero-order chi connectivity index (χ0) is 20.3. The zero-order valence-electron chi connectivity index (χ0n) is 17.1. The van der Waals surface area contributed by atoms with Crippen molar-refractivity contribution in [2.75, 3.05) is 39.3 Å². The molecule has 0 spiro atoms. The molecule has 154 valence electrons. The molecule has 8 heteroatoms. The van der Waals surface area contributed by atoms with Gasteiger partial charge >= 0.3 is 0 Å². The monoisotopic (exact) mass is 389 g/mol. The molecule has 2 amide bonds. The van der Waals surface area contributed by atoms with Gasteiger partial charge in [-0.25, -0.2) is 4.68 Å². The summed E-state index contributed by atoms with van der Waals surface area (Å²) < 4.78 is 1.54. The van der Waals surface area contributed by atoms with E-state index in [1.54, 1.807) is 16.8 Å². The summed E-state index contributed by atoms with van der Waals surface area (Å²) in [6.07, 6.45) is 1.03. The van der Waals surface area contributed by atoms with Crippen molar-refractivity contribution in [2.45, 2.75) is 45.6 Å². The fraction of sp³-hybridized carbons (Fsp3) is 0.700. The molecule has 0 aliphatic carbocycles. The number of rotatable bonds is 4. The van der Waals surface area contributed by atoms with Gasteiger partial charge in [0.1, 0.15) is 0 Å². The predicted molar refractivity (Wildman–Crippen MR) is 106 cm³/mol. The summed E-state index contributed by atoms with van der Waals surface area (Å²) >= 11 is 0. The molecular formula is C20H31N5O3. The van der Waals surface area contributed by atoms with E-state index in [-0.39, 0.29) is 28.7 Å². The molecule has 1 N–H and O–H groups in total. The van der Waals surface area contributed by atoms with Crippen molar-refractivity contribution in [3.63, 3.8) is 0 Å². The Morgan fingerprint density at radius 1 is 1.14 bits per heavy atom. The standard InChI is InChI=1S/C20H31N5O3/c1-20(2,3)16-4-5-18(27)25(22-16)13-10-23-8-11-24(12-9-23)19(28)15-6-7-21-17(26)14-15/h4-5,15H,6-14H2,1-3H3,(H,21,26). The average Bonchev–Trinajstić information content (AvgIpc) is 2.66. The van der Waals surface area contributed by atoms with Gasteiger partial charge in [-0.15, -0.1) is 0 Å². The minimum atomic E-state index is -0.178. The molecule has 2 fully saturated rings. The van der Waals surface area contributed by atoms with Gasteiger partial charge in [0, 0.05) is 63.1 Å². The van der Waals surface area contributed by atoms with Crippen LogP contribution in [-0.2, 0) is 21.5 Å². The Labute approximate surface area is 165 Å². The number of piperazine rings is 1. The maximum Gasteiger partial charge on any atom is 0.266 e. The Morgan fingerprint density at radius 3 is 2.50 bits per heavy atom. The molecule has 0 bridgehead atoms. The van der Waals surface area contributed by atoms with Gasteiger partial charge < -0.3 is 10.2 Å². The number of amides is 2. The van der Waals surface area contributed by atoms with Crippen LogP contribution >= 0.6 is 0 Å². The minimum absolute atomic E-state index is 0.0290. The number of hydrogen-bond donors (Lipinski definition) is 1. The minimum Gasteiger partial charge on any atom is -0.356 e. The maximum atomic E-state index is 12.6. The van der Waals surface area contributed by atoms with Crippen molar-refractivity contribution in [3.8, 4) is 0 Å². The molecule has 2 aliphatic rings. The molecule has 2 saturated heterocycles. The molecule has 2 aliphatic heterocycles. The van der Waals surface area contributed by atoms with Crippen molar-refractivity contribution in [1.82, 2.24) is 24.9 Å². The van der Waals surface area contributed by atoms with Gasteiger partial charge in [-0.05, 0) is 12.5 Å². The zero-order valence-corrected chi connectivity index (χ0v) is 17.1. The Bertz CT molecular complexity index is 775. The molecular weight excluding hydrogens is 358 g/mol. The highest BCUT2D eigenvalue weighted by Gasteiger charge is 2.31. The molecule has 3 rings (SSSR count). The van der Waals surface area contributed by atoms with E-state index in [4.69, 9.17) is 0 Å². The summed E-state index contributed by atoms with van der Waals surface area (Å²) in [4.78, 5) is 40.4. The summed E-state index contributed by atoms with van der Waals surface area (Å²) in [7, 11) is 0. The quantitative estimate of drug-likeness (QED) is 0.796. The van der Waals surface area contributed by atoms with E-state index in [1.807, 2.05) is 4.90 Å². The second-order valence-electron chi connectivity index (χ2n) is 8.74. The van der Waals surface area contributed by atoms with Crippen molar-refractivity contribution in [1.29, 1.82) is 0 Å². The van der Waals surface area contributed by atoms with Crippen LogP contribution in [0.15, 0.2) is 16.9 Å². The van der Waals surface area contributed by atoms with Crippen LogP contribution in [0, 0.1) is 5.92 Å². The molecule has 0 radical (unpaired) electrons. The largest absolute Gasteiger partial charge is 0.356 e. The van der Waals surface area contributed by atoms with Gasteiger partial charge in [-0.3, -0.25) is 19.3 Å². The second kappa shape index (κ2) is 8.43. The van der Waals surface area contributed by atoms with Crippen LogP contribution in [0.4, 0.5) is 0 Å². The first kappa shape index (κ1) is 20.5. The third kappa shape index (κ3) is 4.98. The third-order valence-electron chi connectivity index (χ3n) is 5.54. The van der Waals surface area contributed by atoms with Crippen LogP contribution in [-0.4, -0.2) is 70.7 Å². The SMILES string of the molecule is CC(C)(C)c1ccc(=O)n(CCN2CCN(C(=O)C3CCNC(=O)C3)CC2)n1. The van der Waals surface area contributed by atoms with Gasteiger partial charge in [0.05, 0.1) is 12.2 Å². The highest BCUT2D eigenvalue weighted by atomic mass is 16.2. The lowest BCUT2D eigenvalue weighted by Crippen LogP contribution is -2.52. The van der Waals surface area contributed by atoms with E-state index in [2.05, 4.69) is 36.1 Å². The topological polar surface area (TPSA) is 87.5 Å². The smallest absolute Gasteiger partial charge is 0.266 e. The van der Waals surface area contributed by atoms with Crippen molar-refractivity contribution in [2.24, 2.45) is 5.92 Å². The van der Waals surface area contributed by atoms with E-state index >= 15 is 0 Å². The molecule has 8 nitrogen and oxygen atoms in total. The van der Waals surface area contributed by atoms with Gasteiger partial charge in [-0.2, -0.15) is 5.10 Å². The van der Waals surface area contributed by atoms with Gasteiger partial charge in [-0.1, -0.05) is 20.8 Å². The van der Waals surface area contributed by atoms with Crippen molar-refractivity contribution < 1.29 is 9.59 Å². The van der Waals surface area contributed by atoms with Gasteiger partial charge in [0.25, 0.3) is 5.56 Å². The number of carbonyl (C=O) groups is 2. The predicted octanol–water partition coefficient (Wildman–Crippen LogP) is 0.211. The Hall–Kier alpha value is -2.22. The van der Waals surface area contributed by atoms with E-state index in [0.717, 1.165) is 31.7 Å². The first-order valence-corrected chi connectivity index (χ1v) is 10.1. The second-order valence-corrected chi connectivity index (χ2v) is 8.74. The number of carbonyl (C=O) groups excluding carboxylic acids is 2. The highest BCUT2D eigenvalue weighted by molar-refractivity contribution is 5.87. The average molecular weight is 390 g/mol. The van der Waals surface area contributed by atoms with Crippen LogP contribution < -0.4 is 10.9 Å². The third-order valence-corrected chi connectivity index (χ3v) is 5.54. The number of aromatic nitrogens is 2. The number of piperidine rings is 1. The van der Waals surface area contributed by atoms with E-state index in [1.165, 1.54) is 0 Å². The van der Waals surface area contributed by atoms with E-state index in [9.17, 15) is 14.4 Å². The van der Waals surface area contributed by atoms with Crippen molar-refractivity contribution in [3.05, 3.63) is 28.2 Å². The molecule has 1 aromatic rings. The number of nitrogens with one attached hydrogen (secondary N) is 1. The molecule has 1 aromatic heterocycles. The van der Waals surface area contributed by atoms with Crippen LogP contribution in [0.2, 0.25) is 0 Å². The van der Waals surface area contributed by atoms with E-state index in [0.29, 0.717) is 32.6 Å². The molecule has 1 atom stereocenters. The fourth-order valence-electron chi connectivity index (χ4n) is 3.69. The first-order chi connectivity index (χ1) is 13.2. The Kier molecular flexibility index (Phi) is 6.17. The summed E-state index contributed by atoms with van der Waals surface area (Å²) in [5.74, 6) is -0.104. The van der Waals surface area contributed by atoms with E-state index < -0.39 is 0 Å². The molecule has 1 unspecified atom stereocenters. The van der Waals surface area contributed by atoms with Crippen LogP contribution in [0.5, 0.6) is 0 Å². The summed E-state index contributed by atoms with van der Waals surface area (Å²) in [6, 6.07) is 3.39. The Morgan fingerprint density at radius 2 is 1.86 bits per heavy atom. The maximum absolute atomic E-state index is 12.6. The summed E-state index contributed by atoms with van der Waals surface area (Å²) in [6.45, 7) is 11.0. The number of hydrogen-bond acceptors (Lipinski definition) is 5. The summed E-state index contributed by atoms with van der Waals surface area (Å²) in [5, 5.41) is 7.29. The van der Waals surface area contributed by atoms with Crippen LogP contribution in [0.1, 0.15) is 39.3 Å². The lowest BCUT2D eigenvalue weighted by Gasteiger charge is -2.37. The van der Waals surface area contributed by atoms with Crippen LogP contribution in [0.3, 0.4) is 0 Å². The molecule has 3 heterocycles. The highest BCUT2D eigenvalue weighted by Crippen LogP contribution is 2.18. The van der Waals surface area contributed by atoms with Gasteiger partial charge in [0.2, 0.25) is 11.8 Å². The normalized spacial score (nSPS) is 21.5. The molecule has 0 saturated carbocycles. The first-order valence-electron chi connectivity index (χ1n) is 10.1. The summed E-state index contributed by atoms with van der Waals surface area (Å²) in [5.41, 5.74) is 0.716. The molecule has 0 aromatic carbocycles. The van der Waals surface area contributed by atoms with Gasteiger partial charge in [0.15, 0.2) is 0 Å². The fourth-order valence-corrected chi connectivity index (χ4v) is 3.69. The lowest BCUT2D eigenvalue weighted by molar-refractivity contribution is -0.141. The van der Waals surface area contributed by atoms with Crippen molar-refractivity contribution >= 4 is 11.8 Å².